The van der Waals surface area contributed by atoms with Gasteiger partial charge in [-0.15, -0.1) is 0 Å². The van der Waals surface area contributed by atoms with Gasteiger partial charge in [0.05, 0.1) is 24.7 Å². The summed E-state index contributed by atoms with van der Waals surface area (Å²) in [5.74, 6) is -3.40. The first kappa shape index (κ1) is 20.5. The SMILES string of the molecule is CC1=CC(=O)[C@@H](O)[C@@]2(C)C1C[C@H]1OC(=O)[C@H](O)[C@@]3(O)C4(CO)OC[C@]13C2[C@@H](O)C4O. The van der Waals surface area contributed by atoms with E-state index in [1.165, 1.54) is 6.08 Å². The van der Waals surface area contributed by atoms with Crippen LogP contribution in [0.25, 0.3) is 0 Å². The molecule has 30 heavy (non-hydrogen) atoms. The van der Waals surface area contributed by atoms with Gasteiger partial charge in [-0.1, -0.05) is 12.5 Å². The van der Waals surface area contributed by atoms with Crippen molar-refractivity contribution < 1.29 is 49.7 Å². The Labute approximate surface area is 171 Å². The van der Waals surface area contributed by atoms with Crippen LogP contribution >= 0.6 is 0 Å². The largest absolute Gasteiger partial charge is 0.460 e. The number of fused-ring (bicyclic) bond motifs is 2. The van der Waals surface area contributed by atoms with Crippen molar-refractivity contribution in [2.24, 2.45) is 22.7 Å². The van der Waals surface area contributed by atoms with Crippen LogP contribution in [-0.2, 0) is 19.1 Å². The number of carbonyl (C=O) groups is 2. The smallest absolute Gasteiger partial charge is 0.338 e. The number of carbonyl (C=O) groups excluding carboxylic acids is 2. The van der Waals surface area contributed by atoms with Crippen molar-refractivity contribution in [3.63, 3.8) is 0 Å². The highest BCUT2D eigenvalue weighted by Gasteiger charge is 2.89. The predicted molar refractivity (Wildman–Crippen MR) is 95.5 cm³/mol. The second-order valence-corrected chi connectivity index (χ2v) is 9.73. The molecule has 11 atom stereocenters. The van der Waals surface area contributed by atoms with E-state index >= 15 is 0 Å². The Balaban J connectivity index is 1.83. The summed E-state index contributed by atoms with van der Waals surface area (Å²) in [6.45, 7) is 1.96. The number of hydrogen-bond acceptors (Lipinski definition) is 10. The van der Waals surface area contributed by atoms with Gasteiger partial charge in [-0.25, -0.2) is 4.79 Å². The lowest BCUT2D eigenvalue weighted by Gasteiger charge is -2.70. The zero-order chi connectivity index (χ0) is 22.0. The molecular formula is C20H26O10. The fourth-order valence-corrected chi connectivity index (χ4v) is 7.64. The second kappa shape index (κ2) is 5.69. The van der Waals surface area contributed by atoms with Crippen LogP contribution in [0.5, 0.6) is 0 Å². The minimum absolute atomic E-state index is 0.105. The average molecular weight is 426 g/mol. The van der Waals surface area contributed by atoms with Crippen LogP contribution in [0.3, 0.4) is 0 Å². The molecule has 4 fully saturated rings. The van der Waals surface area contributed by atoms with Crippen LogP contribution in [0.15, 0.2) is 11.6 Å². The Kier molecular flexibility index (Phi) is 3.89. The van der Waals surface area contributed by atoms with E-state index in [4.69, 9.17) is 9.47 Å². The van der Waals surface area contributed by atoms with E-state index in [2.05, 4.69) is 0 Å². The number of rotatable bonds is 1. The number of hydrogen-bond donors (Lipinski definition) is 6. The van der Waals surface area contributed by atoms with Crippen LogP contribution in [-0.4, -0.2) is 97.3 Å². The van der Waals surface area contributed by atoms with Gasteiger partial charge in [0.25, 0.3) is 0 Å². The molecule has 0 amide bonds. The molecule has 2 bridgehead atoms. The van der Waals surface area contributed by atoms with Gasteiger partial charge in [0.15, 0.2) is 17.5 Å². The molecule has 0 aromatic carbocycles. The number of esters is 1. The lowest BCUT2D eigenvalue weighted by molar-refractivity contribution is -0.357. The Hall–Kier alpha value is -1.40. The molecule has 5 aliphatic rings. The van der Waals surface area contributed by atoms with Crippen molar-refractivity contribution in [2.75, 3.05) is 13.2 Å². The number of ether oxygens (including phenoxy) is 2. The molecular weight excluding hydrogens is 400 g/mol. The maximum atomic E-state index is 12.6. The maximum Gasteiger partial charge on any atom is 0.338 e. The molecule has 4 unspecified atom stereocenters. The molecule has 2 saturated carbocycles. The van der Waals surface area contributed by atoms with Crippen molar-refractivity contribution in [1.29, 1.82) is 0 Å². The average Bonchev–Trinajstić information content (AvgIpc) is 2.91. The van der Waals surface area contributed by atoms with E-state index < -0.39 is 82.7 Å². The van der Waals surface area contributed by atoms with Crippen molar-refractivity contribution in [1.82, 2.24) is 0 Å². The predicted octanol–water partition coefficient (Wildman–Crippen LogP) is -2.98. The highest BCUT2D eigenvalue weighted by Crippen LogP contribution is 2.73. The normalized spacial score (nSPS) is 59.2. The summed E-state index contributed by atoms with van der Waals surface area (Å²) in [6, 6.07) is 0. The molecule has 2 saturated heterocycles. The van der Waals surface area contributed by atoms with Crippen molar-refractivity contribution in [2.45, 2.75) is 62.0 Å². The Morgan fingerprint density at radius 3 is 2.47 bits per heavy atom. The van der Waals surface area contributed by atoms with E-state index in [1.54, 1.807) is 13.8 Å². The number of allylic oxidation sites excluding steroid dienone is 1. The summed E-state index contributed by atoms with van der Waals surface area (Å²) in [5, 5.41) is 66.0. The summed E-state index contributed by atoms with van der Waals surface area (Å²) < 4.78 is 11.2. The first-order valence-electron chi connectivity index (χ1n) is 10.1. The summed E-state index contributed by atoms with van der Waals surface area (Å²) in [6.07, 6.45) is -6.90. The molecule has 2 aliphatic heterocycles. The zero-order valence-electron chi connectivity index (χ0n) is 16.6. The maximum absolute atomic E-state index is 12.6. The molecule has 10 heteroatoms. The van der Waals surface area contributed by atoms with Gasteiger partial charge in [0.2, 0.25) is 0 Å². The highest BCUT2D eigenvalue weighted by atomic mass is 16.6. The third-order valence-corrected chi connectivity index (χ3v) is 8.96. The number of aliphatic hydroxyl groups is 6. The number of aliphatic hydroxyl groups excluding tert-OH is 5. The molecule has 10 nitrogen and oxygen atoms in total. The molecule has 3 aliphatic carbocycles. The third kappa shape index (κ3) is 1.72. The zero-order valence-corrected chi connectivity index (χ0v) is 16.6. The molecule has 6 N–H and O–H groups in total. The third-order valence-electron chi connectivity index (χ3n) is 8.96. The van der Waals surface area contributed by atoms with E-state index in [0.29, 0.717) is 5.57 Å². The van der Waals surface area contributed by atoms with E-state index in [9.17, 15) is 40.2 Å². The first-order valence-corrected chi connectivity index (χ1v) is 10.1. The minimum atomic E-state index is -2.51. The molecule has 1 spiro atoms. The fraction of sp³-hybridized carbons (Fsp3) is 0.800. The van der Waals surface area contributed by atoms with Gasteiger partial charge in [-0.3, -0.25) is 4.79 Å². The standard InChI is InChI=1S/C20H26O10/c1-7-3-9(22)13(24)17(2)8(7)4-10-18-6-29-19(5-21,14(25)11(23)12(17)18)20(18,28)15(26)16(27)30-10/h3,8,10-15,21,23-26,28H,4-6H2,1-2H3/t8?,10-,11-,12?,13-,14?,15+,17+,18-,19?,20+/m1/s1. The molecule has 5 rings (SSSR count). The van der Waals surface area contributed by atoms with Gasteiger partial charge in [-0.2, -0.15) is 0 Å². The van der Waals surface area contributed by atoms with Crippen LogP contribution < -0.4 is 0 Å². The van der Waals surface area contributed by atoms with Gasteiger partial charge >= 0.3 is 5.97 Å². The molecule has 0 aromatic rings. The quantitative estimate of drug-likeness (QED) is 0.237. The summed E-state index contributed by atoms with van der Waals surface area (Å²) in [5.41, 5.74) is -7.15. The van der Waals surface area contributed by atoms with Crippen molar-refractivity contribution in [3.05, 3.63) is 11.6 Å². The van der Waals surface area contributed by atoms with Crippen LogP contribution in [0.1, 0.15) is 20.3 Å². The lowest BCUT2D eigenvalue weighted by atomic mass is 9.36. The summed E-state index contributed by atoms with van der Waals surface area (Å²) in [7, 11) is 0. The van der Waals surface area contributed by atoms with Crippen LogP contribution in [0.2, 0.25) is 0 Å². The van der Waals surface area contributed by atoms with E-state index in [1.807, 2.05) is 0 Å². The van der Waals surface area contributed by atoms with E-state index in [-0.39, 0.29) is 13.0 Å². The van der Waals surface area contributed by atoms with Gasteiger partial charge < -0.3 is 40.1 Å². The fourth-order valence-electron chi connectivity index (χ4n) is 7.64. The minimum Gasteiger partial charge on any atom is -0.460 e. The highest BCUT2D eigenvalue weighted by molar-refractivity contribution is 5.96. The summed E-state index contributed by atoms with van der Waals surface area (Å²) in [4.78, 5) is 25.1. The van der Waals surface area contributed by atoms with Crippen LogP contribution in [0.4, 0.5) is 0 Å². The molecule has 0 aromatic heterocycles. The summed E-state index contributed by atoms with van der Waals surface area (Å²) >= 11 is 0. The van der Waals surface area contributed by atoms with Crippen molar-refractivity contribution >= 4 is 11.8 Å². The molecule has 166 valence electrons. The first-order chi connectivity index (χ1) is 13.9. The van der Waals surface area contributed by atoms with Gasteiger partial charge in [0, 0.05) is 11.3 Å². The second-order valence-electron chi connectivity index (χ2n) is 9.73. The Bertz CT molecular complexity index is 872. The van der Waals surface area contributed by atoms with E-state index in [0.717, 1.165) is 0 Å². The Morgan fingerprint density at radius 2 is 1.83 bits per heavy atom. The molecule has 0 radical (unpaired) electrons. The van der Waals surface area contributed by atoms with Crippen molar-refractivity contribution in [3.8, 4) is 0 Å². The van der Waals surface area contributed by atoms with Gasteiger partial charge in [0.1, 0.15) is 23.9 Å². The lowest BCUT2D eigenvalue weighted by Crippen LogP contribution is -2.87. The van der Waals surface area contributed by atoms with Gasteiger partial charge in [-0.05, 0) is 25.3 Å². The molecule has 2 heterocycles. The monoisotopic (exact) mass is 426 g/mol. The number of ketones is 1. The Morgan fingerprint density at radius 1 is 1.17 bits per heavy atom. The topological polar surface area (TPSA) is 174 Å². The van der Waals surface area contributed by atoms with Crippen LogP contribution in [0, 0.1) is 22.7 Å².